The molecule has 0 unspecified atom stereocenters. The van der Waals surface area contributed by atoms with E-state index < -0.39 is 0 Å². The molecule has 1 radical (unpaired) electrons. The molecule has 2 rings (SSSR count). The third-order valence-electron chi connectivity index (χ3n) is 2.24. The van der Waals surface area contributed by atoms with Crippen LogP contribution < -0.4 is 5.73 Å². The van der Waals surface area contributed by atoms with Gasteiger partial charge in [-0.2, -0.15) is 5.56 Å². The third-order valence-corrected chi connectivity index (χ3v) is 2.24. The average Bonchev–Trinajstić information content (AvgIpc) is 2.27. The molecule has 2 aromatic rings. The largest absolute Gasteiger partial charge is 0.508 e. The SMILES string of the molecule is Nc1c[c-]c(/C=C/c2cc(O)cc(O)c2)cc1.[Rh]. The van der Waals surface area contributed by atoms with Gasteiger partial charge in [-0.1, -0.05) is 11.8 Å². The number of hydrogen-bond donors (Lipinski definition) is 3. The summed E-state index contributed by atoms with van der Waals surface area (Å²) in [4.78, 5) is 0. The van der Waals surface area contributed by atoms with E-state index in [1.54, 1.807) is 30.3 Å². The molecule has 4 heteroatoms. The van der Waals surface area contributed by atoms with E-state index in [1.807, 2.05) is 12.1 Å². The molecule has 0 amide bonds. The smallest absolute Gasteiger partial charge is 0.119 e. The summed E-state index contributed by atoms with van der Waals surface area (Å²) in [5, 5.41) is 18.6. The fourth-order valence-electron chi connectivity index (χ4n) is 1.45. The van der Waals surface area contributed by atoms with Crippen LogP contribution in [-0.2, 0) is 19.5 Å². The van der Waals surface area contributed by atoms with Gasteiger partial charge in [0.05, 0.1) is 0 Å². The molecule has 0 heterocycles. The molecule has 0 saturated heterocycles. The Bertz CT molecular complexity index is 530. The van der Waals surface area contributed by atoms with Gasteiger partial charge in [-0.05, 0) is 17.7 Å². The Morgan fingerprint density at radius 1 is 1.00 bits per heavy atom. The summed E-state index contributed by atoms with van der Waals surface area (Å²) < 4.78 is 0. The second kappa shape index (κ2) is 6.22. The second-order valence-corrected chi connectivity index (χ2v) is 3.69. The predicted molar refractivity (Wildman–Crippen MR) is 68.4 cm³/mol. The number of nitrogens with two attached hydrogens (primary N) is 1. The van der Waals surface area contributed by atoms with Crippen molar-refractivity contribution < 1.29 is 29.7 Å². The van der Waals surface area contributed by atoms with Crippen molar-refractivity contribution in [2.45, 2.75) is 0 Å². The van der Waals surface area contributed by atoms with E-state index in [-0.39, 0.29) is 31.0 Å². The van der Waals surface area contributed by atoms with Gasteiger partial charge in [0, 0.05) is 25.5 Å². The Balaban J connectivity index is 0.00000162. The van der Waals surface area contributed by atoms with Crippen LogP contribution in [0.5, 0.6) is 11.5 Å². The van der Waals surface area contributed by atoms with Crippen LogP contribution in [-0.4, -0.2) is 10.2 Å². The number of benzene rings is 2. The summed E-state index contributed by atoms with van der Waals surface area (Å²) in [5.41, 5.74) is 7.81. The molecular formula is C14H12NO2Rh-. The minimum absolute atomic E-state index is 0. The van der Waals surface area contributed by atoms with E-state index in [4.69, 9.17) is 5.73 Å². The molecule has 0 bridgehead atoms. The Morgan fingerprint density at radius 3 is 2.22 bits per heavy atom. The van der Waals surface area contributed by atoms with Crippen LogP contribution in [0.3, 0.4) is 0 Å². The quantitative estimate of drug-likeness (QED) is 0.343. The first-order chi connectivity index (χ1) is 8.13. The van der Waals surface area contributed by atoms with Gasteiger partial charge in [0.25, 0.3) is 0 Å². The maximum atomic E-state index is 9.31. The molecule has 0 atom stereocenters. The molecule has 95 valence electrons. The predicted octanol–water partition coefficient (Wildman–Crippen LogP) is 2.65. The van der Waals surface area contributed by atoms with Crippen LogP contribution in [0.2, 0.25) is 0 Å². The minimum atomic E-state index is 0. The Morgan fingerprint density at radius 2 is 1.67 bits per heavy atom. The number of phenols is 2. The number of phenolic OH excluding ortho intramolecular Hbond substituents is 2. The first-order valence-electron chi connectivity index (χ1n) is 5.12. The average molecular weight is 329 g/mol. The zero-order valence-electron chi connectivity index (χ0n) is 9.42. The van der Waals surface area contributed by atoms with Crippen molar-refractivity contribution in [1.82, 2.24) is 0 Å². The van der Waals surface area contributed by atoms with Gasteiger partial charge in [0.2, 0.25) is 0 Å². The molecule has 3 nitrogen and oxygen atoms in total. The summed E-state index contributed by atoms with van der Waals surface area (Å²) in [6.45, 7) is 0. The molecule has 4 N–H and O–H groups in total. The van der Waals surface area contributed by atoms with Crippen molar-refractivity contribution in [1.29, 1.82) is 0 Å². The molecule has 0 saturated carbocycles. The summed E-state index contributed by atoms with van der Waals surface area (Å²) in [7, 11) is 0. The van der Waals surface area contributed by atoms with Gasteiger partial charge in [-0.15, -0.1) is 30.3 Å². The van der Waals surface area contributed by atoms with Crippen molar-refractivity contribution in [3.05, 3.63) is 53.6 Å². The first-order valence-corrected chi connectivity index (χ1v) is 5.12. The van der Waals surface area contributed by atoms with E-state index in [0.29, 0.717) is 11.3 Å². The molecule has 0 spiro atoms. The van der Waals surface area contributed by atoms with Crippen molar-refractivity contribution in [3.8, 4) is 11.5 Å². The summed E-state index contributed by atoms with van der Waals surface area (Å²) in [6.07, 6.45) is 3.61. The molecule has 0 aliphatic heterocycles. The maximum Gasteiger partial charge on any atom is 0.119 e. The van der Waals surface area contributed by atoms with Crippen LogP contribution in [0.1, 0.15) is 11.1 Å². The minimum Gasteiger partial charge on any atom is -0.508 e. The fourth-order valence-corrected chi connectivity index (χ4v) is 1.45. The third kappa shape index (κ3) is 3.90. The van der Waals surface area contributed by atoms with Crippen LogP contribution in [0.25, 0.3) is 12.2 Å². The van der Waals surface area contributed by atoms with E-state index >= 15 is 0 Å². The van der Waals surface area contributed by atoms with Crippen LogP contribution >= 0.6 is 0 Å². The molecular weight excluding hydrogens is 317 g/mol. The first kappa shape index (κ1) is 14.3. The zero-order valence-corrected chi connectivity index (χ0v) is 11.1. The molecule has 0 aromatic heterocycles. The van der Waals surface area contributed by atoms with Crippen molar-refractivity contribution in [2.75, 3.05) is 5.73 Å². The van der Waals surface area contributed by atoms with Gasteiger partial charge >= 0.3 is 0 Å². The molecule has 0 fully saturated rings. The van der Waals surface area contributed by atoms with Crippen LogP contribution in [0, 0.1) is 6.07 Å². The van der Waals surface area contributed by atoms with Crippen molar-refractivity contribution in [2.24, 2.45) is 0 Å². The number of rotatable bonds is 2. The number of hydrogen-bond acceptors (Lipinski definition) is 3. The topological polar surface area (TPSA) is 66.5 Å². The summed E-state index contributed by atoms with van der Waals surface area (Å²) >= 11 is 0. The van der Waals surface area contributed by atoms with Crippen LogP contribution in [0.4, 0.5) is 5.69 Å². The van der Waals surface area contributed by atoms with Crippen LogP contribution in [0.15, 0.2) is 36.4 Å². The van der Waals surface area contributed by atoms with E-state index in [2.05, 4.69) is 6.07 Å². The van der Waals surface area contributed by atoms with E-state index in [0.717, 1.165) is 5.56 Å². The van der Waals surface area contributed by atoms with Gasteiger partial charge in [0.1, 0.15) is 11.5 Å². The molecule has 18 heavy (non-hydrogen) atoms. The Labute approximate surface area is 118 Å². The van der Waals surface area contributed by atoms with Gasteiger partial charge in [0.15, 0.2) is 0 Å². The van der Waals surface area contributed by atoms with Crippen molar-refractivity contribution >= 4 is 17.8 Å². The van der Waals surface area contributed by atoms with E-state index in [1.165, 1.54) is 6.07 Å². The standard InChI is InChI=1S/C14H12NO2.Rh/c15-12-5-3-10(4-6-12)1-2-11-7-13(16)9-14(17)8-11;/h1-3,5-9,16-17H,15H2;/q-1;/b2-1+;. The van der Waals surface area contributed by atoms with Gasteiger partial charge < -0.3 is 15.9 Å². The summed E-state index contributed by atoms with van der Waals surface area (Å²) in [5.74, 6) is 0.0665. The normalized spacial score (nSPS) is 10.2. The monoisotopic (exact) mass is 329 g/mol. The van der Waals surface area contributed by atoms with Gasteiger partial charge in [-0.25, -0.2) is 0 Å². The van der Waals surface area contributed by atoms with Gasteiger partial charge in [-0.3, -0.25) is 0 Å². The van der Waals surface area contributed by atoms with Crippen molar-refractivity contribution in [3.63, 3.8) is 0 Å². The molecule has 0 aliphatic rings. The number of aromatic hydroxyl groups is 2. The molecule has 2 aromatic carbocycles. The summed E-state index contributed by atoms with van der Waals surface area (Å²) in [6, 6.07) is 12.7. The van der Waals surface area contributed by atoms with E-state index in [9.17, 15) is 10.2 Å². The Hall–Kier alpha value is -1.80. The maximum absolute atomic E-state index is 9.31. The Kier molecular flexibility index (Phi) is 4.93. The zero-order chi connectivity index (χ0) is 12.3. The number of nitrogen functional groups attached to an aromatic ring is 1. The number of anilines is 1. The molecule has 0 aliphatic carbocycles. The fraction of sp³-hybridized carbons (Fsp3) is 0. The second-order valence-electron chi connectivity index (χ2n) is 3.69.